The number of benzene rings is 1. The van der Waals surface area contributed by atoms with Gasteiger partial charge in [0.1, 0.15) is 11.3 Å². The van der Waals surface area contributed by atoms with Gasteiger partial charge in [-0.15, -0.1) is 0 Å². The van der Waals surface area contributed by atoms with E-state index in [4.69, 9.17) is 4.42 Å². The summed E-state index contributed by atoms with van der Waals surface area (Å²) in [6.45, 7) is 5.68. The van der Waals surface area contributed by atoms with Gasteiger partial charge in [0.2, 0.25) is 0 Å². The third-order valence-corrected chi connectivity index (χ3v) is 2.89. The predicted molar refractivity (Wildman–Crippen MR) is 63.0 cm³/mol. The molecule has 1 nitrogen and oxygen atoms in total. The third-order valence-electron chi connectivity index (χ3n) is 2.89. The fraction of sp³-hybridized carbons (Fsp3) is 0.143. The molecule has 0 amide bonds. The molecule has 0 bridgehead atoms. The molecule has 0 radical (unpaired) electrons. The van der Waals surface area contributed by atoms with Crippen LogP contribution in [0, 0.1) is 6.92 Å². The highest BCUT2D eigenvalue weighted by molar-refractivity contribution is 5.91. The topological polar surface area (TPSA) is 13.1 Å². The first-order valence-electron chi connectivity index (χ1n) is 5.13. The zero-order chi connectivity index (χ0) is 10.4. The maximum atomic E-state index is 5.72. The highest BCUT2D eigenvalue weighted by Gasteiger charge is 2.20. The first kappa shape index (κ1) is 8.54. The summed E-state index contributed by atoms with van der Waals surface area (Å²) in [5, 5.41) is 1.22. The van der Waals surface area contributed by atoms with Gasteiger partial charge in [-0.05, 0) is 36.6 Å². The Balaban J connectivity index is 2.27. The van der Waals surface area contributed by atoms with Crippen molar-refractivity contribution in [2.45, 2.75) is 13.3 Å². The van der Waals surface area contributed by atoms with Crippen molar-refractivity contribution in [3.8, 4) is 0 Å². The average molecular weight is 196 g/mol. The van der Waals surface area contributed by atoms with Crippen LogP contribution < -0.4 is 0 Å². The van der Waals surface area contributed by atoms with E-state index in [-0.39, 0.29) is 0 Å². The highest BCUT2D eigenvalue weighted by atomic mass is 16.3. The second-order valence-corrected chi connectivity index (χ2v) is 3.96. The lowest BCUT2D eigenvalue weighted by Crippen LogP contribution is -1.71. The van der Waals surface area contributed by atoms with E-state index in [1.807, 2.05) is 13.0 Å². The van der Waals surface area contributed by atoms with Crippen LogP contribution in [0.1, 0.15) is 22.5 Å². The monoisotopic (exact) mass is 196 g/mol. The average Bonchev–Trinajstić information content (AvgIpc) is 2.89. The number of hydrogen-bond donors (Lipinski definition) is 0. The van der Waals surface area contributed by atoms with Crippen molar-refractivity contribution in [1.29, 1.82) is 0 Å². The van der Waals surface area contributed by atoms with Gasteiger partial charge in [-0.25, -0.2) is 0 Å². The number of rotatable bonds is 2. The van der Waals surface area contributed by atoms with Crippen molar-refractivity contribution in [2.75, 3.05) is 0 Å². The van der Waals surface area contributed by atoms with Crippen LogP contribution in [0.4, 0.5) is 0 Å². The molecule has 0 saturated carbocycles. The molecule has 1 aliphatic carbocycles. The molecule has 0 spiro atoms. The molecule has 0 atom stereocenters. The summed E-state index contributed by atoms with van der Waals surface area (Å²) in [6.07, 6.45) is 6.92. The van der Waals surface area contributed by atoms with E-state index in [0.717, 1.165) is 17.8 Å². The minimum atomic E-state index is 0.980. The van der Waals surface area contributed by atoms with Gasteiger partial charge in [-0.3, -0.25) is 0 Å². The minimum absolute atomic E-state index is 0.980. The number of aryl methyl sites for hydroxylation is 1. The highest BCUT2D eigenvalue weighted by Crippen LogP contribution is 2.36. The maximum Gasteiger partial charge on any atom is 0.135 e. The smallest absolute Gasteiger partial charge is 0.135 e. The molecule has 0 fully saturated rings. The SMILES string of the molecule is C=C/C=C\c1c(C)oc2cc3c(cc12)C3. The summed E-state index contributed by atoms with van der Waals surface area (Å²) in [5.41, 5.74) is 5.07. The van der Waals surface area contributed by atoms with Crippen LogP contribution in [-0.4, -0.2) is 0 Å². The van der Waals surface area contributed by atoms with E-state index in [9.17, 15) is 0 Å². The normalized spacial score (nSPS) is 13.4. The Hall–Kier alpha value is -1.76. The Morgan fingerprint density at radius 2 is 2.13 bits per heavy atom. The Labute approximate surface area is 88.7 Å². The molecule has 0 unspecified atom stereocenters. The summed E-state index contributed by atoms with van der Waals surface area (Å²) in [5.74, 6) is 0.980. The van der Waals surface area contributed by atoms with Gasteiger partial charge in [0.15, 0.2) is 0 Å². The van der Waals surface area contributed by atoms with Crippen molar-refractivity contribution in [1.82, 2.24) is 0 Å². The molecule has 1 aromatic heterocycles. The molecule has 0 saturated heterocycles. The van der Waals surface area contributed by atoms with Gasteiger partial charge in [0.25, 0.3) is 0 Å². The van der Waals surface area contributed by atoms with Gasteiger partial charge in [0.05, 0.1) is 0 Å². The predicted octanol–water partition coefficient (Wildman–Crippen LogP) is 3.84. The molecule has 1 aromatic carbocycles. The van der Waals surface area contributed by atoms with E-state index in [0.29, 0.717) is 0 Å². The Bertz CT molecular complexity index is 585. The van der Waals surface area contributed by atoms with E-state index in [1.54, 1.807) is 6.08 Å². The first-order valence-corrected chi connectivity index (χ1v) is 5.13. The van der Waals surface area contributed by atoms with Crippen molar-refractivity contribution in [3.05, 3.63) is 53.3 Å². The fourth-order valence-electron chi connectivity index (χ4n) is 2.01. The van der Waals surface area contributed by atoms with Crippen molar-refractivity contribution >= 4 is 17.0 Å². The maximum absolute atomic E-state index is 5.72. The summed E-state index contributed by atoms with van der Waals surface area (Å²) >= 11 is 0. The molecule has 74 valence electrons. The molecule has 1 aliphatic rings. The van der Waals surface area contributed by atoms with E-state index >= 15 is 0 Å². The molecular weight excluding hydrogens is 184 g/mol. The van der Waals surface area contributed by atoms with Gasteiger partial charge >= 0.3 is 0 Å². The number of allylic oxidation sites excluding steroid dienone is 2. The lowest BCUT2D eigenvalue weighted by Gasteiger charge is -1.88. The second-order valence-electron chi connectivity index (χ2n) is 3.96. The van der Waals surface area contributed by atoms with Crippen LogP contribution >= 0.6 is 0 Å². The summed E-state index contributed by atoms with van der Waals surface area (Å²) in [6, 6.07) is 4.40. The van der Waals surface area contributed by atoms with Crippen LogP contribution in [0.25, 0.3) is 17.0 Å². The fourth-order valence-corrected chi connectivity index (χ4v) is 2.01. The van der Waals surface area contributed by atoms with Crippen molar-refractivity contribution < 1.29 is 4.42 Å². The Morgan fingerprint density at radius 3 is 2.93 bits per heavy atom. The zero-order valence-electron chi connectivity index (χ0n) is 8.71. The van der Waals surface area contributed by atoms with Gasteiger partial charge in [0, 0.05) is 10.9 Å². The number of hydrogen-bond acceptors (Lipinski definition) is 1. The summed E-state index contributed by atoms with van der Waals surface area (Å²) < 4.78 is 5.72. The number of fused-ring (bicyclic) bond motifs is 2. The minimum Gasteiger partial charge on any atom is -0.461 e. The quantitative estimate of drug-likeness (QED) is 0.567. The van der Waals surface area contributed by atoms with Crippen LogP contribution in [0.5, 0.6) is 0 Å². The first-order chi connectivity index (χ1) is 7.29. The Morgan fingerprint density at radius 1 is 1.33 bits per heavy atom. The molecule has 3 rings (SSSR count). The summed E-state index contributed by atoms with van der Waals surface area (Å²) in [7, 11) is 0. The van der Waals surface area contributed by atoms with Gasteiger partial charge < -0.3 is 4.42 Å². The number of furan rings is 1. The molecule has 2 aromatic rings. The van der Waals surface area contributed by atoms with Gasteiger partial charge in [-0.1, -0.05) is 24.8 Å². The molecule has 15 heavy (non-hydrogen) atoms. The summed E-state index contributed by atoms with van der Waals surface area (Å²) in [4.78, 5) is 0. The molecule has 1 heterocycles. The van der Waals surface area contributed by atoms with E-state index in [1.165, 1.54) is 22.1 Å². The van der Waals surface area contributed by atoms with Crippen LogP contribution in [0.3, 0.4) is 0 Å². The Kier molecular flexibility index (Phi) is 1.63. The van der Waals surface area contributed by atoms with E-state index in [2.05, 4.69) is 24.8 Å². The van der Waals surface area contributed by atoms with Crippen LogP contribution in [0.15, 0.2) is 35.3 Å². The van der Waals surface area contributed by atoms with Crippen molar-refractivity contribution in [3.63, 3.8) is 0 Å². The molecule has 0 aliphatic heterocycles. The van der Waals surface area contributed by atoms with Crippen LogP contribution in [-0.2, 0) is 6.42 Å². The second kappa shape index (κ2) is 2.86. The van der Waals surface area contributed by atoms with Gasteiger partial charge in [-0.2, -0.15) is 0 Å². The molecule has 1 heteroatoms. The molecular formula is C14H12O. The largest absolute Gasteiger partial charge is 0.461 e. The zero-order valence-corrected chi connectivity index (χ0v) is 8.71. The lowest BCUT2D eigenvalue weighted by molar-refractivity contribution is 0.577. The molecule has 0 N–H and O–H groups in total. The van der Waals surface area contributed by atoms with E-state index < -0.39 is 0 Å². The van der Waals surface area contributed by atoms with Crippen molar-refractivity contribution in [2.24, 2.45) is 0 Å². The standard InChI is InChI=1S/C14H12O/c1-3-4-5-12-9(2)15-14-8-11-6-10(11)7-13(12)14/h3-5,7-8H,1,6H2,2H3/b5-4-. The van der Waals surface area contributed by atoms with Crippen LogP contribution in [0.2, 0.25) is 0 Å². The lowest BCUT2D eigenvalue weighted by atomic mass is 10.1. The third kappa shape index (κ3) is 1.23.